The summed E-state index contributed by atoms with van der Waals surface area (Å²) in [7, 11) is 1.65. The van der Waals surface area contributed by atoms with E-state index < -0.39 is 0 Å². The molecule has 0 fully saturated rings. The molecule has 1 heterocycles. The van der Waals surface area contributed by atoms with E-state index in [9.17, 15) is 4.79 Å². The van der Waals surface area contributed by atoms with Crippen molar-refractivity contribution in [2.24, 2.45) is 0 Å². The number of carbonyl (C=O) groups excluding carboxylic acids is 1. The summed E-state index contributed by atoms with van der Waals surface area (Å²) < 4.78 is 11.6. The van der Waals surface area contributed by atoms with Crippen LogP contribution in [-0.2, 0) is 9.53 Å². The van der Waals surface area contributed by atoms with E-state index in [0.717, 1.165) is 22.4 Å². The van der Waals surface area contributed by atoms with Crippen molar-refractivity contribution in [1.82, 2.24) is 0 Å². The lowest BCUT2D eigenvalue weighted by Gasteiger charge is -2.23. The second-order valence-corrected chi connectivity index (χ2v) is 5.69. The van der Waals surface area contributed by atoms with E-state index in [1.54, 1.807) is 14.0 Å². The number of benzene rings is 2. The molecule has 118 valence electrons. The quantitative estimate of drug-likeness (QED) is 0.839. The molecule has 0 unspecified atom stereocenters. The van der Waals surface area contributed by atoms with E-state index in [0.29, 0.717) is 5.76 Å². The molecule has 0 saturated carbocycles. The molecular formula is C20H20O3. The summed E-state index contributed by atoms with van der Waals surface area (Å²) in [4.78, 5) is 12.2. The Hall–Kier alpha value is -2.55. The van der Waals surface area contributed by atoms with Gasteiger partial charge in [0.05, 0.1) is 13.0 Å². The summed E-state index contributed by atoms with van der Waals surface area (Å²) in [6.07, 6.45) is -0.257. The summed E-state index contributed by atoms with van der Waals surface area (Å²) in [5.74, 6) is 1.40. The highest BCUT2D eigenvalue weighted by molar-refractivity contribution is 5.96. The Morgan fingerprint density at radius 1 is 1.04 bits per heavy atom. The van der Waals surface area contributed by atoms with Crippen LogP contribution in [0.5, 0.6) is 5.75 Å². The zero-order chi connectivity index (χ0) is 16.4. The van der Waals surface area contributed by atoms with Gasteiger partial charge in [0, 0.05) is 11.1 Å². The molecule has 2 atom stereocenters. The van der Waals surface area contributed by atoms with Crippen LogP contribution >= 0.6 is 0 Å². The van der Waals surface area contributed by atoms with Gasteiger partial charge in [-0.2, -0.15) is 0 Å². The van der Waals surface area contributed by atoms with Crippen molar-refractivity contribution in [2.45, 2.75) is 25.9 Å². The Morgan fingerprint density at radius 2 is 1.70 bits per heavy atom. The third kappa shape index (κ3) is 2.74. The zero-order valence-electron chi connectivity index (χ0n) is 13.6. The van der Waals surface area contributed by atoms with Gasteiger partial charge in [0.1, 0.15) is 17.6 Å². The van der Waals surface area contributed by atoms with Gasteiger partial charge in [-0.25, -0.2) is 0 Å². The molecule has 0 saturated heterocycles. The summed E-state index contributed by atoms with van der Waals surface area (Å²) in [5, 5.41) is 0. The van der Waals surface area contributed by atoms with E-state index in [-0.39, 0.29) is 17.8 Å². The van der Waals surface area contributed by atoms with Gasteiger partial charge in [-0.15, -0.1) is 0 Å². The van der Waals surface area contributed by atoms with Crippen molar-refractivity contribution in [3.63, 3.8) is 0 Å². The molecule has 0 aromatic heterocycles. The molecule has 0 bridgehead atoms. The average Bonchev–Trinajstić information content (AvgIpc) is 2.93. The van der Waals surface area contributed by atoms with Crippen molar-refractivity contribution in [2.75, 3.05) is 7.11 Å². The number of methoxy groups -OCH3 is 1. The topological polar surface area (TPSA) is 35.5 Å². The first-order valence-electron chi connectivity index (χ1n) is 7.69. The van der Waals surface area contributed by atoms with Crippen LogP contribution in [0.3, 0.4) is 0 Å². The number of carbonyl (C=O) groups is 1. The molecule has 1 aliphatic rings. The monoisotopic (exact) mass is 308 g/mol. The van der Waals surface area contributed by atoms with E-state index in [1.807, 2.05) is 61.5 Å². The molecule has 1 aliphatic heterocycles. The van der Waals surface area contributed by atoms with Gasteiger partial charge in [-0.3, -0.25) is 4.79 Å². The van der Waals surface area contributed by atoms with Crippen LogP contribution in [0.25, 0.3) is 0 Å². The van der Waals surface area contributed by atoms with Crippen molar-refractivity contribution >= 4 is 5.78 Å². The zero-order valence-corrected chi connectivity index (χ0v) is 13.6. The second-order valence-electron chi connectivity index (χ2n) is 5.69. The standard InChI is InChI=1S/C20H20O3/c1-13(21)18-14(2)23-20(16-11-7-8-12-17(16)22-3)19(18)15-9-5-4-6-10-15/h4-12,19-20H,1-3H3/t19-,20-/m1/s1. The summed E-state index contributed by atoms with van der Waals surface area (Å²) in [6.45, 7) is 3.46. The minimum atomic E-state index is -0.257. The molecule has 3 rings (SSSR count). The largest absolute Gasteiger partial charge is 0.496 e. The van der Waals surface area contributed by atoms with Crippen LogP contribution < -0.4 is 4.74 Å². The predicted molar refractivity (Wildman–Crippen MR) is 89.4 cm³/mol. The number of para-hydroxylation sites is 1. The molecule has 3 nitrogen and oxygen atoms in total. The van der Waals surface area contributed by atoms with Crippen molar-refractivity contribution in [3.05, 3.63) is 77.1 Å². The Balaban J connectivity index is 2.12. The Kier molecular flexibility index (Phi) is 4.20. The van der Waals surface area contributed by atoms with E-state index in [1.165, 1.54) is 0 Å². The number of ether oxygens (including phenoxy) is 2. The molecule has 0 N–H and O–H groups in total. The van der Waals surface area contributed by atoms with Crippen molar-refractivity contribution in [3.8, 4) is 5.75 Å². The number of hydrogen-bond donors (Lipinski definition) is 0. The first-order chi connectivity index (χ1) is 11.1. The molecule has 23 heavy (non-hydrogen) atoms. The molecule has 3 heteroatoms. The Morgan fingerprint density at radius 3 is 2.35 bits per heavy atom. The fraction of sp³-hybridized carbons (Fsp3) is 0.250. The molecular weight excluding hydrogens is 288 g/mol. The lowest BCUT2D eigenvalue weighted by atomic mass is 9.83. The smallest absolute Gasteiger partial charge is 0.159 e. The first-order valence-corrected chi connectivity index (χ1v) is 7.69. The predicted octanol–water partition coefficient (Wildman–Crippen LogP) is 4.41. The van der Waals surface area contributed by atoms with E-state index in [2.05, 4.69) is 0 Å². The van der Waals surface area contributed by atoms with Gasteiger partial charge in [-0.1, -0.05) is 48.5 Å². The number of hydrogen-bond acceptors (Lipinski definition) is 3. The third-order valence-electron chi connectivity index (χ3n) is 4.28. The molecule has 2 aromatic carbocycles. The molecule has 2 aromatic rings. The van der Waals surface area contributed by atoms with Gasteiger partial charge in [0.25, 0.3) is 0 Å². The molecule has 0 amide bonds. The van der Waals surface area contributed by atoms with Gasteiger partial charge in [0.15, 0.2) is 5.78 Å². The summed E-state index contributed by atoms with van der Waals surface area (Å²) in [5.41, 5.74) is 2.78. The SMILES string of the molecule is COc1ccccc1[C@H]1OC(C)=C(C(C)=O)[C@H]1c1ccccc1. The normalized spacial score (nSPS) is 20.3. The minimum absolute atomic E-state index is 0.0498. The van der Waals surface area contributed by atoms with Crippen LogP contribution in [0.15, 0.2) is 65.9 Å². The minimum Gasteiger partial charge on any atom is -0.496 e. The number of allylic oxidation sites excluding steroid dienone is 1. The molecule has 0 spiro atoms. The van der Waals surface area contributed by atoms with Gasteiger partial charge in [-0.05, 0) is 25.5 Å². The van der Waals surface area contributed by atoms with Crippen molar-refractivity contribution < 1.29 is 14.3 Å². The number of Topliss-reactive ketones (excluding diaryl/α,β-unsaturated/α-hetero) is 1. The van der Waals surface area contributed by atoms with Crippen molar-refractivity contribution in [1.29, 1.82) is 0 Å². The highest BCUT2D eigenvalue weighted by Gasteiger charge is 2.40. The van der Waals surface area contributed by atoms with Crippen LogP contribution in [-0.4, -0.2) is 12.9 Å². The Bertz CT molecular complexity index is 746. The first kappa shape index (κ1) is 15.3. The summed E-state index contributed by atoms with van der Waals surface area (Å²) >= 11 is 0. The average molecular weight is 308 g/mol. The van der Waals surface area contributed by atoms with Crippen LogP contribution in [0.1, 0.15) is 37.0 Å². The maximum Gasteiger partial charge on any atom is 0.159 e. The number of ketones is 1. The van der Waals surface area contributed by atoms with Gasteiger partial charge in [0.2, 0.25) is 0 Å². The van der Waals surface area contributed by atoms with E-state index >= 15 is 0 Å². The number of rotatable bonds is 4. The van der Waals surface area contributed by atoms with Crippen LogP contribution in [0.2, 0.25) is 0 Å². The van der Waals surface area contributed by atoms with E-state index in [4.69, 9.17) is 9.47 Å². The highest BCUT2D eigenvalue weighted by Crippen LogP contribution is 2.49. The molecule has 0 aliphatic carbocycles. The van der Waals surface area contributed by atoms with Gasteiger partial charge < -0.3 is 9.47 Å². The maximum absolute atomic E-state index is 12.2. The third-order valence-corrected chi connectivity index (χ3v) is 4.28. The summed E-state index contributed by atoms with van der Waals surface area (Å²) in [6, 6.07) is 17.8. The fourth-order valence-corrected chi connectivity index (χ4v) is 3.31. The lowest BCUT2D eigenvalue weighted by molar-refractivity contribution is -0.113. The second kappa shape index (κ2) is 6.29. The highest BCUT2D eigenvalue weighted by atomic mass is 16.5. The van der Waals surface area contributed by atoms with Crippen LogP contribution in [0, 0.1) is 0 Å². The van der Waals surface area contributed by atoms with Gasteiger partial charge >= 0.3 is 0 Å². The maximum atomic E-state index is 12.2. The lowest BCUT2D eigenvalue weighted by Crippen LogP contribution is -2.13. The fourth-order valence-electron chi connectivity index (χ4n) is 3.31. The molecule has 0 radical (unpaired) electrons. The van der Waals surface area contributed by atoms with Crippen LogP contribution in [0.4, 0.5) is 0 Å². The Labute approximate surface area is 136 Å².